The lowest BCUT2D eigenvalue weighted by atomic mass is 10.0. The van der Waals surface area contributed by atoms with Gasteiger partial charge in [0.25, 0.3) is 11.8 Å². The summed E-state index contributed by atoms with van der Waals surface area (Å²) >= 11 is 0. The van der Waals surface area contributed by atoms with Gasteiger partial charge in [0.05, 0.1) is 28.6 Å². The highest BCUT2D eigenvalue weighted by Crippen LogP contribution is 2.34. The van der Waals surface area contributed by atoms with Crippen molar-refractivity contribution in [2.24, 2.45) is 0 Å². The minimum absolute atomic E-state index is 0.230. The monoisotopic (exact) mass is 409 g/mol. The lowest BCUT2D eigenvalue weighted by molar-refractivity contribution is -0.110. The normalized spacial score (nSPS) is 13.6. The van der Waals surface area contributed by atoms with Gasteiger partial charge in [0, 0.05) is 28.2 Å². The van der Waals surface area contributed by atoms with Gasteiger partial charge in [0.1, 0.15) is 0 Å². The maximum absolute atomic E-state index is 12.5. The number of carbonyl (C=O) groups is 2. The quantitative estimate of drug-likeness (QED) is 0.380. The van der Waals surface area contributed by atoms with Crippen molar-refractivity contribution in [1.29, 1.82) is 5.26 Å². The van der Waals surface area contributed by atoms with E-state index in [1.807, 2.05) is 0 Å². The average Bonchev–Trinajstić information content (AvgIpc) is 3.10. The number of fused-ring (bicyclic) bond motifs is 1. The van der Waals surface area contributed by atoms with Crippen LogP contribution >= 0.6 is 0 Å². The van der Waals surface area contributed by atoms with E-state index < -0.39 is 0 Å². The van der Waals surface area contributed by atoms with Crippen molar-refractivity contribution >= 4 is 40.1 Å². The molecule has 3 aromatic carbocycles. The topological polar surface area (TPSA) is 120 Å². The largest absolute Gasteiger partial charge is 0.397 e. The molecular formula is C24H19N5O2. The van der Waals surface area contributed by atoms with E-state index in [2.05, 4.69) is 22.0 Å². The SMILES string of the molecule is C/C(Nc1ccc(C(=O)Nc2ccccc2N)cc1)=C1/C(=O)Nc2ccc(C#N)cc21. The van der Waals surface area contributed by atoms with Crippen LogP contribution in [0.25, 0.3) is 5.57 Å². The van der Waals surface area contributed by atoms with Crippen molar-refractivity contribution in [2.45, 2.75) is 6.92 Å². The molecule has 5 N–H and O–H groups in total. The van der Waals surface area contributed by atoms with Gasteiger partial charge in [-0.05, 0) is 61.5 Å². The highest BCUT2D eigenvalue weighted by molar-refractivity contribution is 6.32. The van der Waals surface area contributed by atoms with Gasteiger partial charge in [-0.3, -0.25) is 9.59 Å². The lowest BCUT2D eigenvalue weighted by Crippen LogP contribution is -2.13. The second kappa shape index (κ2) is 8.05. The van der Waals surface area contributed by atoms with Crippen LogP contribution in [0.2, 0.25) is 0 Å². The molecule has 0 saturated heterocycles. The van der Waals surface area contributed by atoms with Crippen molar-refractivity contribution < 1.29 is 9.59 Å². The Morgan fingerprint density at radius 3 is 2.48 bits per heavy atom. The van der Waals surface area contributed by atoms with Gasteiger partial charge < -0.3 is 21.7 Å². The Hall–Kier alpha value is -4.57. The van der Waals surface area contributed by atoms with E-state index in [0.29, 0.717) is 45.0 Å². The molecule has 0 fully saturated rings. The van der Waals surface area contributed by atoms with Gasteiger partial charge in [-0.1, -0.05) is 12.1 Å². The fraction of sp³-hybridized carbons (Fsp3) is 0.0417. The number of amides is 2. The Labute approximate surface area is 179 Å². The highest BCUT2D eigenvalue weighted by Gasteiger charge is 2.26. The molecule has 0 bridgehead atoms. The van der Waals surface area contributed by atoms with Gasteiger partial charge in [0.2, 0.25) is 0 Å². The van der Waals surface area contributed by atoms with E-state index >= 15 is 0 Å². The highest BCUT2D eigenvalue weighted by atomic mass is 16.2. The molecule has 31 heavy (non-hydrogen) atoms. The number of nitrogens with zero attached hydrogens (tertiary/aromatic N) is 1. The Morgan fingerprint density at radius 2 is 1.77 bits per heavy atom. The van der Waals surface area contributed by atoms with Crippen LogP contribution in [0.1, 0.15) is 28.4 Å². The molecular weight excluding hydrogens is 390 g/mol. The fourth-order valence-corrected chi connectivity index (χ4v) is 3.40. The molecule has 0 unspecified atom stereocenters. The number of hydrogen-bond acceptors (Lipinski definition) is 5. The van der Waals surface area contributed by atoms with E-state index in [4.69, 9.17) is 11.0 Å². The minimum atomic E-state index is -0.271. The van der Waals surface area contributed by atoms with Crippen LogP contribution in [-0.4, -0.2) is 11.8 Å². The van der Waals surface area contributed by atoms with Gasteiger partial charge in [-0.25, -0.2) is 0 Å². The summed E-state index contributed by atoms with van der Waals surface area (Å²) in [6.45, 7) is 1.79. The Balaban J connectivity index is 1.53. The fourth-order valence-electron chi connectivity index (χ4n) is 3.40. The molecule has 1 heterocycles. The van der Waals surface area contributed by atoms with Crippen LogP contribution in [0, 0.1) is 11.3 Å². The first-order chi connectivity index (χ1) is 15.0. The standard InChI is InChI=1S/C24H19N5O2/c1-14(22-18-12-15(13-25)6-11-20(18)28-24(22)31)27-17-9-7-16(8-10-17)23(30)29-21-5-3-2-4-19(21)26/h2-12,27H,26H2,1H3,(H,28,31)(H,29,30)/b22-14-. The molecule has 0 spiro atoms. The molecule has 0 saturated carbocycles. The molecule has 2 amide bonds. The summed E-state index contributed by atoms with van der Waals surface area (Å²) in [6, 6.07) is 21.1. The van der Waals surface area contributed by atoms with Crippen LogP contribution < -0.4 is 21.7 Å². The maximum atomic E-state index is 12.5. The first kappa shape index (κ1) is 19.7. The van der Waals surface area contributed by atoms with Gasteiger partial charge in [-0.15, -0.1) is 0 Å². The smallest absolute Gasteiger partial charge is 0.258 e. The maximum Gasteiger partial charge on any atom is 0.258 e. The number of anilines is 4. The molecule has 0 atom stereocenters. The number of benzene rings is 3. The van der Waals surface area contributed by atoms with Crippen LogP contribution in [0.4, 0.5) is 22.7 Å². The van der Waals surface area contributed by atoms with Crippen molar-refractivity contribution in [1.82, 2.24) is 0 Å². The third-order valence-electron chi connectivity index (χ3n) is 4.96. The number of allylic oxidation sites excluding steroid dienone is 1. The molecule has 0 aromatic heterocycles. The van der Waals surface area contributed by atoms with Crippen molar-refractivity contribution in [3.63, 3.8) is 0 Å². The Kier molecular flexibility index (Phi) is 5.12. The van der Waals surface area contributed by atoms with Crippen molar-refractivity contribution in [3.8, 4) is 6.07 Å². The molecule has 7 heteroatoms. The lowest BCUT2D eigenvalue weighted by Gasteiger charge is -2.11. The number of hydrogen-bond donors (Lipinski definition) is 4. The number of para-hydroxylation sites is 2. The number of nitriles is 1. The first-order valence-corrected chi connectivity index (χ1v) is 9.56. The summed E-state index contributed by atoms with van der Waals surface area (Å²) in [4.78, 5) is 24.9. The third kappa shape index (κ3) is 3.95. The van der Waals surface area contributed by atoms with E-state index in [1.54, 1.807) is 73.7 Å². The Morgan fingerprint density at radius 1 is 1.03 bits per heavy atom. The summed E-state index contributed by atoms with van der Waals surface area (Å²) in [5.41, 5.74) is 11.1. The number of nitrogens with two attached hydrogens (primary N) is 1. The van der Waals surface area contributed by atoms with Crippen molar-refractivity contribution in [2.75, 3.05) is 21.7 Å². The third-order valence-corrected chi connectivity index (χ3v) is 4.96. The van der Waals surface area contributed by atoms with Crippen LogP contribution in [0.3, 0.4) is 0 Å². The second-order valence-electron chi connectivity index (χ2n) is 7.07. The molecule has 152 valence electrons. The zero-order valence-electron chi connectivity index (χ0n) is 16.7. The van der Waals surface area contributed by atoms with Crippen LogP contribution in [0.15, 0.2) is 72.4 Å². The minimum Gasteiger partial charge on any atom is -0.397 e. The van der Waals surface area contributed by atoms with E-state index in [-0.39, 0.29) is 11.8 Å². The predicted octanol–water partition coefficient (Wildman–Crippen LogP) is 4.19. The summed E-state index contributed by atoms with van der Waals surface area (Å²) in [5.74, 6) is -0.501. The van der Waals surface area contributed by atoms with Crippen molar-refractivity contribution in [3.05, 3.63) is 89.1 Å². The van der Waals surface area contributed by atoms with Gasteiger partial charge in [0.15, 0.2) is 0 Å². The molecule has 0 aliphatic carbocycles. The van der Waals surface area contributed by atoms with E-state index in [1.165, 1.54) is 0 Å². The van der Waals surface area contributed by atoms with E-state index in [9.17, 15) is 9.59 Å². The van der Waals surface area contributed by atoms with Gasteiger partial charge >= 0.3 is 0 Å². The second-order valence-corrected chi connectivity index (χ2v) is 7.07. The summed E-state index contributed by atoms with van der Waals surface area (Å²) in [5, 5.41) is 17.9. The number of rotatable bonds is 4. The molecule has 1 aliphatic heterocycles. The molecule has 3 aromatic rings. The molecule has 7 nitrogen and oxygen atoms in total. The first-order valence-electron chi connectivity index (χ1n) is 9.56. The molecule has 1 aliphatic rings. The zero-order chi connectivity index (χ0) is 22.0. The van der Waals surface area contributed by atoms with E-state index in [0.717, 1.165) is 5.69 Å². The van der Waals surface area contributed by atoms with Crippen LogP contribution in [0.5, 0.6) is 0 Å². The number of carbonyl (C=O) groups excluding carboxylic acids is 2. The summed E-state index contributed by atoms with van der Waals surface area (Å²) < 4.78 is 0. The zero-order valence-corrected chi connectivity index (χ0v) is 16.7. The number of nitrogen functional groups attached to an aromatic ring is 1. The molecule has 0 radical (unpaired) electrons. The average molecular weight is 409 g/mol. The predicted molar refractivity (Wildman–Crippen MR) is 121 cm³/mol. The number of nitrogens with one attached hydrogen (secondary N) is 3. The summed E-state index contributed by atoms with van der Waals surface area (Å²) in [6.07, 6.45) is 0. The Bertz CT molecular complexity index is 1270. The van der Waals surface area contributed by atoms with Crippen LogP contribution in [-0.2, 0) is 4.79 Å². The van der Waals surface area contributed by atoms with Gasteiger partial charge in [-0.2, -0.15) is 5.26 Å². The molecule has 4 rings (SSSR count). The summed E-state index contributed by atoms with van der Waals surface area (Å²) in [7, 11) is 0.